The average Bonchev–Trinajstić information content (AvgIpc) is 3.13. The molecule has 1 aliphatic heterocycles. The van der Waals surface area contributed by atoms with Gasteiger partial charge >= 0.3 is 0 Å². The highest BCUT2D eigenvalue weighted by atomic mass is 15.2. The van der Waals surface area contributed by atoms with Crippen molar-refractivity contribution in [1.29, 1.82) is 0 Å². The molecule has 0 saturated carbocycles. The number of fused-ring (bicyclic) bond motifs is 2. The van der Waals surface area contributed by atoms with Crippen LogP contribution in [0.1, 0.15) is 25.0 Å². The molecule has 0 radical (unpaired) electrons. The Bertz CT molecular complexity index is 2120. The van der Waals surface area contributed by atoms with E-state index in [1.54, 1.807) is 0 Å². The molecule has 220 valence electrons. The van der Waals surface area contributed by atoms with Crippen LogP contribution in [0.25, 0.3) is 45.3 Å². The third kappa shape index (κ3) is 4.85. The third-order valence-electron chi connectivity index (χ3n) is 8.90. The zero-order chi connectivity index (χ0) is 31.1. The normalized spacial score (nSPS) is 13.1. The highest BCUT2D eigenvalue weighted by Crippen LogP contribution is 2.52. The van der Waals surface area contributed by atoms with Gasteiger partial charge in [0.05, 0.1) is 11.4 Å². The second-order valence-electron chi connectivity index (χ2n) is 12.2. The molecule has 0 saturated heterocycles. The Kier molecular flexibility index (Phi) is 6.76. The summed E-state index contributed by atoms with van der Waals surface area (Å²) in [4.78, 5) is 17.3. The maximum atomic E-state index is 5.00. The lowest BCUT2D eigenvalue weighted by Gasteiger charge is -2.42. The van der Waals surface area contributed by atoms with Gasteiger partial charge in [-0.25, -0.2) is 15.0 Å². The molecule has 8 rings (SSSR count). The number of hydrogen-bond donors (Lipinski definition) is 0. The van der Waals surface area contributed by atoms with E-state index in [4.69, 9.17) is 15.0 Å². The summed E-state index contributed by atoms with van der Waals surface area (Å²) >= 11 is 0. The molecule has 1 aliphatic rings. The number of nitrogens with zero attached hydrogens (tertiary/aromatic N) is 4. The molecule has 0 bridgehead atoms. The van der Waals surface area contributed by atoms with Crippen molar-refractivity contribution in [3.05, 3.63) is 169 Å². The largest absolute Gasteiger partial charge is 0.310 e. The molecule has 0 fully saturated rings. The number of para-hydroxylation sites is 1. The van der Waals surface area contributed by atoms with Crippen molar-refractivity contribution < 1.29 is 0 Å². The van der Waals surface area contributed by atoms with Gasteiger partial charge in [0.2, 0.25) is 0 Å². The van der Waals surface area contributed by atoms with E-state index in [1.807, 2.05) is 60.7 Å². The molecule has 4 heteroatoms. The first-order chi connectivity index (χ1) is 22.6. The van der Waals surface area contributed by atoms with E-state index in [1.165, 1.54) is 33.6 Å². The first-order valence-corrected chi connectivity index (χ1v) is 15.6. The zero-order valence-electron chi connectivity index (χ0n) is 25.8. The lowest BCUT2D eigenvalue weighted by molar-refractivity contribution is 0.632. The fraction of sp³-hybridized carbons (Fsp3) is 0.0714. The number of anilines is 3. The van der Waals surface area contributed by atoms with Crippen molar-refractivity contribution in [3.63, 3.8) is 0 Å². The Morgan fingerprint density at radius 3 is 1.52 bits per heavy atom. The Hall–Kier alpha value is -5.87. The Balaban J connectivity index is 1.29. The highest BCUT2D eigenvalue weighted by Gasteiger charge is 2.37. The van der Waals surface area contributed by atoms with E-state index in [2.05, 4.69) is 116 Å². The predicted octanol–water partition coefficient (Wildman–Crippen LogP) is 10.6. The molecule has 2 heterocycles. The second kappa shape index (κ2) is 11.2. The molecule has 4 nitrogen and oxygen atoms in total. The number of rotatable bonds is 5. The van der Waals surface area contributed by atoms with Gasteiger partial charge in [-0.05, 0) is 52.6 Å². The van der Waals surface area contributed by atoms with E-state index in [-0.39, 0.29) is 5.41 Å². The summed E-state index contributed by atoms with van der Waals surface area (Å²) in [6.45, 7) is 4.66. The van der Waals surface area contributed by atoms with Gasteiger partial charge in [-0.3, -0.25) is 0 Å². The molecule has 0 atom stereocenters. The smallest absolute Gasteiger partial charge is 0.164 e. The van der Waals surface area contributed by atoms with Crippen LogP contribution in [0.3, 0.4) is 0 Å². The topological polar surface area (TPSA) is 41.9 Å². The second-order valence-corrected chi connectivity index (χ2v) is 12.2. The van der Waals surface area contributed by atoms with Crippen LogP contribution >= 0.6 is 0 Å². The minimum Gasteiger partial charge on any atom is -0.310 e. The van der Waals surface area contributed by atoms with Gasteiger partial charge in [0.15, 0.2) is 17.5 Å². The summed E-state index contributed by atoms with van der Waals surface area (Å²) in [5.74, 6) is 1.94. The highest BCUT2D eigenvalue weighted by molar-refractivity contribution is 5.88. The average molecular weight is 593 g/mol. The first-order valence-electron chi connectivity index (χ1n) is 15.6. The van der Waals surface area contributed by atoms with Crippen molar-refractivity contribution in [3.8, 4) is 45.3 Å². The summed E-state index contributed by atoms with van der Waals surface area (Å²) in [7, 11) is 0. The molecule has 0 spiro atoms. The lowest BCUT2D eigenvalue weighted by Crippen LogP contribution is -2.30. The molecule has 46 heavy (non-hydrogen) atoms. The Morgan fingerprint density at radius 2 is 0.891 bits per heavy atom. The first kappa shape index (κ1) is 27.7. The van der Waals surface area contributed by atoms with Crippen LogP contribution in [-0.2, 0) is 5.41 Å². The quantitative estimate of drug-likeness (QED) is 0.199. The summed E-state index contributed by atoms with van der Waals surface area (Å²) < 4.78 is 0. The number of aromatic nitrogens is 3. The van der Waals surface area contributed by atoms with Crippen LogP contribution in [0.4, 0.5) is 17.1 Å². The van der Waals surface area contributed by atoms with E-state index in [9.17, 15) is 0 Å². The molecule has 6 aromatic carbocycles. The van der Waals surface area contributed by atoms with Crippen LogP contribution in [0.2, 0.25) is 0 Å². The van der Waals surface area contributed by atoms with E-state index in [0.717, 1.165) is 22.4 Å². The van der Waals surface area contributed by atoms with Gasteiger partial charge in [0, 0.05) is 27.8 Å². The van der Waals surface area contributed by atoms with Gasteiger partial charge in [0.25, 0.3) is 0 Å². The minimum atomic E-state index is -0.186. The molecule has 0 aliphatic carbocycles. The maximum Gasteiger partial charge on any atom is 0.164 e. The predicted molar refractivity (Wildman–Crippen MR) is 188 cm³/mol. The van der Waals surface area contributed by atoms with Crippen LogP contribution in [0, 0.1) is 0 Å². The van der Waals surface area contributed by atoms with Gasteiger partial charge in [0.1, 0.15) is 0 Å². The van der Waals surface area contributed by atoms with E-state index in [0.29, 0.717) is 17.5 Å². The van der Waals surface area contributed by atoms with Crippen LogP contribution in [-0.4, -0.2) is 15.0 Å². The molecule has 0 amide bonds. The van der Waals surface area contributed by atoms with Gasteiger partial charge in [-0.15, -0.1) is 0 Å². The third-order valence-corrected chi connectivity index (χ3v) is 8.90. The van der Waals surface area contributed by atoms with Crippen molar-refractivity contribution in [1.82, 2.24) is 15.0 Å². The zero-order valence-corrected chi connectivity index (χ0v) is 25.8. The Labute approximate surface area is 269 Å². The standard InChI is InChI=1S/C42H32N4/c1-42(2)35-23-12-13-24-37(35)46(38-26-25-32(28-36(38)42)29-15-6-3-7-16-29)34-22-14-21-33(27-34)41-44-39(30-17-8-4-9-18-30)43-40(45-41)31-19-10-5-11-20-31/h3-28H,1-2H3. The van der Waals surface area contributed by atoms with E-state index >= 15 is 0 Å². The summed E-state index contributed by atoms with van der Waals surface area (Å²) in [5.41, 5.74) is 11.1. The molecular weight excluding hydrogens is 560 g/mol. The molecular formula is C42H32N4. The fourth-order valence-electron chi connectivity index (χ4n) is 6.51. The van der Waals surface area contributed by atoms with Gasteiger partial charge < -0.3 is 4.90 Å². The molecule has 0 unspecified atom stereocenters. The summed E-state index contributed by atoms with van der Waals surface area (Å²) in [6.07, 6.45) is 0. The van der Waals surface area contributed by atoms with Crippen molar-refractivity contribution in [2.45, 2.75) is 19.3 Å². The van der Waals surface area contributed by atoms with E-state index < -0.39 is 0 Å². The van der Waals surface area contributed by atoms with Crippen LogP contribution < -0.4 is 4.90 Å². The summed E-state index contributed by atoms with van der Waals surface area (Å²) in [5, 5.41) is 0. The van der Waals surface area contributed by atoms with Crippen LogP contribution in [0.5, 0.6) is 0 Å². The number of hydrogen-bond acceptors (Lipinski definition) is 4. The van der Waals surface area contributed by atoms with Crippen LogP contribution in [0.15, 0.2) is 158 Å². The van der Waals surface area contributed by atoms with Gasteiger partial charge in [-0.1, -0.05) is 141 Å². The number of benzene rings is 6. The maximum absolute atomic E-state index is 5.00. The van der Waals surface area contributed by atoms with Gasteiger partial charge in [-0.2, -0.15) is 0 Å². The molecule has 0 N–H and O–H groups in total. The molecule has 7 aromatic rings. The monoisotopic (exact) mass is 592 g/mol. The van der Waals surface area contributed by atoms with Crippen molar-refractivity contribution in [2.24, 2.45) is 0 Å². The SMILES string of the molecule is CC1(C)c2ccccc2N(c2cccc(-c3nc(-c4ccccc4)nc(-c4ccccc4)n3)c2)c2ccc(-c3ccccc3)cc21. The molecule has 1 aromatic heterocycles. The lowest BCUT2D eigenvalue weighted by atomic mass is 9.73. The van der Waals surface area contributed by atoms with Crippen molar-refractivity contribution >= 4 is 17.1 Å². The summed E-state index contributed by atoms with van der Waals surface area (Å²) in [6, 6.07) is 55.0. The van der Waals surface area contributed by atoms with Crippen molar-refractivity contribution in [2.75, 3.05) is 4.90 Å². The fourth-order valence-corrected chi connectivity index (χ4v) is 6.51. The minimum absolute atomic E-state index is 0.186. The Morgan fingerprint density at radius 1 is 0.391 bits per heavy atom.